The Morgan fingerprint density at radius 2 is 1.50 bits per heavy atom. The summed E-state index contributed by atoms with van der Waals surface area (Å²) in [6.45, 7) is 3.83. The minimum Gasteiger partial charge on any atom is -0.480 e. The van der Waals surface area contributed by atoms with Crippen molar-refractivity contribution in [1.29, 1.82) is 0 Å². The summed E-state index contributed by atoms with van der Waals surface area (Å²) in [5, 5.41) is 16.9. The molecule has 4 atom stereocenters. The Labute approximate surface area is 220 Å². The van der Waals surface area contributed by atoms with Crippen LogP contribution in [0.4, 0.5) is 0 Å². The van der Waals surface area contributed by atoms with Gasteiger partial charge in [0, 0.05) is 24.7 Å². The fourth-order valence-electron chi connectivity index (χ4n) is 3.72. The molecule has 0 saturated carbocycles. The number of amides is 4. The van der Waals surface area contributed by atoms with Crippen LogP contribution in [0.2, 0.25) is 0 Å². The van der Waals surface area contributed by atoms with E-state index in [9.17, 15) is 29.1 Å². The molecule has 0 aliphatic heterocycles. The average Bonchev–Trinajstić information content (AvgIpc) is 3.35. The maximum Gasteiger partial charge on any atom is 0.326 e. The van der Waals surface area contributed by atoms with Crippen molar-refractivity contribution in [2.45, 2.75) is 63.7 Å². The molecule has 206 valence electrons. The van der Waals surface area contributed by atoms with Gasteiger partial charge in [-0.2, -0.15) is 0 Å². The summed E-state index contributed by atoms with van der Waals surface area (Å²) >= 11 is 0. The molecule has 9 N–H and O–H groups in total. The lowest BCUT2D eigenvalue weighted by Gasteiger charge is -2.25. The molecular formula is C25H35N7O6. The van der Waals surface area contributed by atoms with E-state index < -0.39 is 60.2 Å². The Hall–Kier alpha value is -4.26. The topological polar surface area (TPSA) is 222 Å². The normalized spacial score (nSPS) is 14.1. The third-order valence-electron chi connectivity index (χ3n) is 5.61. The number of carbonyl (C=O) groups is 5. The van der Waals surface area contributed by atoms with Gasteiger partial charge in [-0.05, 0) is 17.9 Å². The van der Waals surface area contributed by atoms with E-state index in [2.05, 4.69) is 25.9 Å². The Morgan fingerprint density at radius 1 is 0.921 bits per heavy atom. The van der Waals surface area contributed by atoms with Gasteiger partial charge in [0.15, 0.2) is 0 Å². The molecule has 13 nitrogen and oxygen atoms in total. The second-order valence-electron chi connectivity index (χ2n) is 9.40. The molecule has 0 fully saturated rings. The number of rotatable bonds is 15. The number of nitrogens with zero attached hydrogens (tertiary/aromatic N) is 1. The molecule has 2 rings (SSSR count). The van der Waals surface area contributed by atoms with Crippen LogP contribution in [0.1, 0.15) is 37.9 Å². The Morgan fingerprint density at radius 3 is 2.03 bits per heavy atom. The number of hydrogen-bond donors (Lipinski definition) is 7. The zero-order valence-electron chi connectivity index (χ0n) is 21.3. The molecule has 4 unspecified atom stereocenters. The molecule has 1 aromatic carbocycles. The molecule has 0 bridgehead atoms. The molecule has 38 heavy (non-hydrogen) atoms. The van der Waals surface area contributed by atoms with Crippen LogP contribution in [0.5, 0.6) is 0 Å². The number of imidazole rings is 1. The van der Waals surface area contributed by atoms with E-state index in [1.54, 1.807) is 30.3 Å². The zero-order chi connectivity index (χ0) is 28.2. The third kappa shape index (κ3) is 10.0. The van der Waals surface area contributed by atoms with Crippen molar-refractivity contribution in [3.05, 3.63) is 54.1 Å². The molecule has 0 spiro atoms. The number of nitrogens with two attached hydrogens (primary N) is 2. The highest BCUT2D eigenvalue weighted by Gasteiger charge is 2.31. The van der Waals surface area contributed by atoms with Crippen LogP contribution in [0.15, 0.2) is 42.9 Å². The number of H-pyrrole nitrogens is 1. The maximum atomic E-state index is 13.4. The molecule has 1 heterocycles. The van der Waals surface area contributed by atoms with Crippen molar-refractivity contribution in [1.82, 2.24) is 25.9 Å². The highest BCUT2D eigenvalue weighted by atomic mass is 16.4. The second-order valence-corrected chi connectivity index (χ2v) is 9.40. The van der Waals surface area contributed by atoms with E-state index in [0.717, 1.165) is 0 Å². The average molecular weight is 530 g/mol. The molecule has 13 heteroatoms. The van der Waals surface area contributed by atoms with Crippen molar-refractivity contribution in [2.24, 2.45) is 17.4 Å². The Bertz CT molecular complexity index is 1090. The highest BCUT2D eigenvalue weighted by molar-refractivity contribution is 5.95. The highest BCUT2D eigenvalue weighted by Crippen LogP contribution is 2.08. The van der Waals surface area contributed by atoms with Crippen LogP contribution in [-0.2, 0) is 36.8 Å². The maximum absolute atomic E-state index is 13.4. The van der Waals surface area contributed by atoms with E-state index in [0.29, 0.717) is 17.7 Å². The van der Waals surface area contributed by atoms with Crippen molar-refractivity contribution in [3.63, 3.8) is 0 Å². The summed E-state index contributed by atoms with van der Waals surface area (Å²) in [5.74, 6) is -4.28. The molecule has 0 radical (unpaired) electrons. The number of aromatic nitrogens is 2. The van der Waals surface area contributed by atoms with Gasteiger partial charge in [0.25, 0.3) is 0 Å². The number of carboxylic acids is 1. The van der Waals surface area contributed by atoms with Gasteiger partial charge in [-0.1, -0.05) is 44.2 Å². The number of carbonyl (C=O) groups excluding carboxylic acids is 4. The molecule has 0 aliphatic carbocycles. The third-order valence-corrected chi connectivity index (χ3v) is 5.61. The van der Waals surface area contributed by atoms with Gasteiger partial charge in [-0.25, -0.2) is 9.78 Å². The molecule has 2 aromatic rings. The monoisotopic (exact) mass is 529 g/mol. The van der Waals surface area contributed by atoms with Gasteiger partial charge in [-0.3, -0.25) is 19.2 Å². The van der Waals surface area contributed by atoms with Gasteiger partial charge in [-0.15, -0.1) is 0 Å². The van der Waals surface area contributed by atoms with E-state index in [4.69, 9.17) is 11.5 Å². The standard InChI is InChI=1S/C25H35N7O6/c1-14(2)8-17(26)22(34)30-19(10-16-12-28-13-29-16)24(36)31-18(9-15-6-4-3-5-7-15)23(35)32-20(25(37)38)11-21(27)33/h3-7,12-14,17-20H,8-11,26H2,1-2H3,(H2,27,33)(H,28,29)(H,30,34)(H,31,36)(H,32,35)(H,37,38). The minimum absolute atomic E-state index is 0.0128. The lowest BCUT2D eigenvalue weighted by atomic mass is 10.0. The summed E-state index contributed by atoms with van der Waals surface area (Å²) < 4.78 is 0. The fraction of sp³-hybridized carbons (Fsp3) is 0.440. The lowest BCUT2D eigenvalue weighted by molar-refractivity contribution is -0.143. The first-order valence-corrected chi connectivity index (χ1v) is 12.1. The van der Waals surface area contributed by atoms with Gasteiger partial charge in [0.05, 0.1) is 18.8 Å². The number of aromatic amines is 1. The summed E-state index contributed by atoms with van der Waals surface area (Å²) in [4.78, 5) is 68.8. The van der Waals surface area contributed by atoms with Crippen molar-refractivity contribution in [2.75, 3.05) is 0 Å². The van der Waals surface area contributed by atoms with Crippen LogP contribution in [0.3, 0.4) is 0 Å². The predicted molar refractivity (Wildman–Crippen MR) is 137 cm³/mol. The van der Waals surface area contributed by atoms with Crippen LogP contribution < -0.4 is 27.4 Å². The predicted octanol–water partition coefficient (Wildman–Crippen LogP) is -1.02. The Balaban J connectivity index is 2.27. The summed E-state index contributed by atoms with van der Waals surface area (Å²) in [5.41, 5.74) is 12.3. The minimum atomic E-state index is -1.58. The van der Waals surface area contributed by atoms with Crippen molar-refractivity contribution in [3.8, 4) is 0 Å². The van der Waals surface area contributed by atoms with Crippen molar-refractivity contribution < 1.29 is 29.1 Å². The number of hydrogen-bond acceptors (Lipinski definition) is 7. The van der Waals surface area contributed by atoms with Crippen LogP contribution in [-0.4, -0.2) is 68.8 Å². The number of benzene rings is 1. The van der Waals surface area contributed by atoms with Crippen LogP contribution >= 0.6 is 0 Å². The summed E-state index contributed by atoms with van der Waals surface area (Å²) in [7, 11) is 0. The molecule has 1 aromatic heterocycles. The summed E-state index contributed by atoms with van der Waals surface area (Å²) in [6.07, 6.45) is 2.74. The molecule has 0 saturated heterocycles. The first-order valence-electron chi connectivity index (χ1n) is 12.1. The second kappa shape index (κ2) is 14.5. The molecule has 4 amide bonds. The van der Waals surface area contributed by atoms with E-state index in [-0.39, 0.29) is 18.8 Å². The van der Waals surface area contributed by atoms with Crippen LogP contribution in [0, 0.1) is 5.92 Å². The van der Waals surface area contributed by atoms with Crippen molar-refractivity contribution >= 4 is 29.6 Å². The van der Waals surface area contributed by atoms with Gasteiger partial charge in [0.2, 0.25) is 23.6 Å². The van der Waals surface area contributed by atoms with E-state index in [1.165, 1.54) is 12.5 Å². The number of nitrogens with one attached hydrogen (secondary N) is 4. The zero-order valence-corrected chi connectivity index (χ0v) is 21.3. The number of primary amides is 1. The van der Waals surface area contributed by atoms with Gasteiger partial charge >= 0.3 is 5.97 Å². The molecule has 0 aliphatic rings. The first-order chi connectivity index (χ1) is 18.0. The van der Waals surface area contributed by atoms with E-state index in [1.807, 2.05) is 13.8 Å². The lowest BCUT2D eigenvalue weighted by Crippen LogP contribution is -2.58. The molecular weight excluding hydrogens is 494 g/mol. The first kappa shape index (κ1) is 30.0. The SMILES string of the molecule is CC(C)CC(N)C(=O)NC(Cc1cnc[nH]1)C(=O)NC(Cc1ccccc1)C(=O)NC(CC(N)=O)C(=O)O. The van der Waals surface area contributed by atoms with Gasteiger partial charge in [0.1, 0.15) is 18.1 Å². The van der Waals surface area contributed by atoms with E-state index >= 15 is 0 Å². The quantitative estimate of drug-likeness (QED) is 0.151. The van der Waals surface area contributed by atoms with Gasteiger partial charge < -0.3 is 37.5 Å². The number of carboxylic acid groups (broad SMARTS) is 1. The summed E-state index contributed by atoms with van der Waals surface area (Å²) in [6, 6.07) is 3.97. The van der Waals surface area contributed by atoms with Crippen LogP contribution in [0.25, 0.3) is 0 Å². The fourth-order valence-corrected chi connectivity index (χ4v) is 3.72. The Kier molecular flexibility index (Phi) is 11.4. The largest absolute Gasteiger partial charge is 0.480 e. The smallest absolute Gasteiger partial charge is 0.326 e. The number of aliphatic carboxylic acids is 1.